The first-order valence-electron chi connectivity index (χ1n) is 5.92. The molecule has 0 aliphatic rings. The largest absolute Gasteiger partial charge is 0.494 e. The summed E-state index contributed by atoms with van der Waals surface area (Å²) in [4.78, 5) is 11.3. The van der Waals surface area contributed by atoms with E-state index in [1.165, 1.54) is 0 Å². The summed E-state index contributed by atoms with van der Waals surface area (Å²) in [5.41, 5.74) is 6.67. The van der Waals surface area contributed by atoms with Crippen LogP contribution in [0.15, 0.2) is 24.3 Å². The quantitative estimate of drug-likeness (QED) is 0.747. The molecule has 4 nitrogen and oxygen atoms in total. The topological polar surface area (TPSA) is 64.4 Å². The Morgan fingerprint density at radius 1 is 1.42 bits per heavy atom. The number of carbonyl (C=O) groups is 1. The van der Waals surface area contributed by atoms with Crippen LogP contribution >= 0.6 is 12.4 Å². The third-order valence-electron chi connectivity index (χ3n) is 2.51. The molecule has 0 heterocycles. The number of rotatable bonds is 7. The first kappa shape index (κ1) is 17.7. The summed E-state index contributed by atoms with van der Waals surface area (Å²) in [6.07, 6.45) is 0.869. The SMILES string of the molecule is CNC(=O)[C@@H](N)Cc1ccc(OCCCF)cc1.Cl. The second-order valence-corrected chi connectivity index (χ2v) is 3.96. The second kappa shape index (κ2) is 9.58. The van der Waals surface area contributed by atoms with Crippen LogP contribution < -0.4 is 15.8 Å². The van der Waals surface area contributed by atoms with E-state index in [4.69, 9.17) is 10.5 Å². The fraction of sp³-hybridized carbons (Fsp3) is 0.462. The normalized spacial score (nSPS) is 11.3. The zero-order chi connectivity index (χ0) is 13.4. The fourth-order valence-electron chi connectivity index (χ4n) is 1.50. The highest BCUT2D eigenvalue weighted by atomic mass is 35.5. The van der Waals surface area contributed by atoms with Crippen molar-refractivity contribution in [2.75, 3.05) is 20.3 Å². The van der Waals surface area contributed by atoms with Crippen LogP contribution in [0.2, 0.25) is 0 Å². The van der Waals surface area contributed by atoms with E-state index in [1.807, 2.05) is 12.1 Å². The highest BCUT2D eigenvalue weighted by Gasteiger charge is 2.11. The molecule has 1 rings (SSSR count). The van der Waals surface area contributed by atoms with E-state index >= 15 is 0 Å². The average Bonchev–Trinajstić information content (AvgIpc) is 2.40. The smallest absolute Gasteiger partial charge is 0.237 e. The van der Waals surface area contributed by atoms with Gasteiger partial charge >= 0.3 is 0 Å². The van der Waals surface area contributed by atoms with Gasteiger partial charge in [-0.3, -0.25) is 9.18 Å². The molecule has 0 bridgehead atoms. The van der Waals surface area contributed by atoms with Crippen molar-refractivity contribution in [2.45, 2.75) is 18.9 Å². The highest BCUT2D eigenvalue weighted by molar-refractivity contribution is 5.85. The van der Waals surface area contributed by atoms with Crippen LogP contribution in [-0.4, -0.2) is 32.3 Å². The summed E-state index contributed by atoms with van der Waals surface area (Å²) < 4.78 is 17.2. The van der Waals surface area contributed by atoms with Gasteiger partial charge in [0, 0.05) is 13.5 Å². The van der Waals surface area contributed by atoms with Gasteiger partial charge in [0.15, 0.2) is 0 Å². The minimum absolute atomic E-state index is 0. The third kappa shape index (κ3) is 6.40. The third-order valence-corrected chi connectivity index (χ3v) is 2.51. The first-order valence-corrected chi connectivity index (χ1v) is 5.92. The molecule has 0 saturated carbocycles. The Morgan fingerprint density at radius 3 is 2.58 bits per heavy atom. The number of hydrogen-bond acceptors (Lipinski definition) is 3. The van der Waals surface area contributed by atoms with Crippen LogP contribution in [0, 0.1) is 0 Å². The second-order valence-electron chi connectivity index (χ2n) is 3.96. The summed E-state index contributed by atoms with van der Waals surface area (Å²) >= 11 is 0. The number of nitrogens with one attached hydrogen (secondary N) is 1. The van der Waals surface area contributed by atoms with Crippen LogP contribution in [0.25, 0.3) is 0 Å². The number of alkyl halides is 1. The molecule has 1 atom stereocenters. The van der Waals surface area contributed by atoms with E-state index in [0.717, 1.165) is 5.56 Å². The Labute approximate surface area is 118 Å². The number of amides is 1. The van der Waals surface area contributed by atoms with Gasteiger partial charge in [0.25, 0.3) is 0 Å². The molecule has 0 aliphatic carbocycles. The van der Waals surface area contributed by atoms with Gasteiger partial charge < -0.3 is 15.8 Å². The Morgan fingerprint density at radius 2 is 2.05 bits per heavy atom. The minimum Gasteiger partial charge on any atom is -0.494 e. The van der Waals surface area contributed by atoms with E-state index in [1.54, 1.807) is 19.2 Å². The van der Waals surface area contributed by atoms with Gasteiger partial charge in [0.2, 0.25) is 5.91 Å². The van der Waals surface area contributed by atoms with Gasteiger partial charge in [-0.15, -0.1) is 12.4 Å². The van der Waals surface area contributed by atoms with Crippen LogP contribution in [0.4, 0.5) is 4.39 Å². The Kier molecular flexibility index (Phi) is 8.91. The zero-order valence-electron chi connectivity index (χ0n) is 10.9. The first-order chi connectivity index (χ1) is 8.67. The molecule has 6 heteroatoms. The molecule has 108 valence electrons. The van der Waals surface area contributed by atoms with Gasteiger partial charge in [-0.1, -0.05) is 12.1 Å². The molecular formula is C13H20ClFN2O2. The molecule has 1 aromatic rings. The highest BCUT2D eigenvalue weighted by Crippen LogP contribution is 2.13. The lowest BCUT2D eigenvalue weighted by atomic mass is 10.1. The molecule has 0 fully saturated rings. The van der Waals surface area contributed by atoms with E-state index < -0.39 is 6.04 Å². The molecule has 1 amide bonds. The molecule has 0 spiro atoms. The number of likely N-dealkylation sites (N-methyl/N-ethyl adjacent to an activating group) is 1. The van der Waals surface area contributed by atoms with Gasteiger partial charge in [-0.2, -0.15) is 0 Å². The Balaban J connectivity index is 0.00000324. The molecule has 0 aliphatic heterocycles. The van der Waals surface area contributed by atoms with Crippen molar-refractivity contribution in [3.63, 3.8) is 0 Å². The summed E-state index contributed by atoms with van der Waals surface area (Å²) in [5.74, 6) is 0.513. The average molecular weight is 291 g/mol. The van der Waals surface area contributed by atoms with E-state index in [9.17, 15) is 9.18 Å². The summed E-state index contributed by atoms with van der Waals surface area (Å²) in [6.45, 7) is -0.00727. The van der Waals surface area contributed by atoms with Crippen molar-refractivity contribution in [1.29, 1.82) is 0 Å². The van der Waals surface area contributed by atoms with Crippen LogP contribution in [0.3, 0.4) is 0 Å². The molecule has 3 N–H and O–H groups in total. The van der Waals surface area contributed by atoms with E-state index in [2.05, 4.69) is 5.32 Å². The molecule has 0 aromatic heterocycles. The predicted molar refractivity (Wildman–Crippen MR) is 75.5 cm³/mol. The molecule has 19 heavy (non-hydrogen) atoms. The molecule has 0 unspecified atom stereocenters. The van der Waals surface area contributed by atoms with Crippen molar-refractivity contribution in [3.05, 3.63) is 29.8 Å². The maximum absolute atomic E-state index is 11.9. The van der Waals surface area contributed by atoms with Crippen LogP contribution in [-0.2, 0) is 11.2 Å². The van der Waals surface area contributed by atoms with E-state index in [0.29, 0.717) is 25.2 Å². The van der Waals surface area contributed by atoms with Crippen molar-refractivity contribution in [1.82, 2.24) is 5.32 Å². The fourth-order valence-corrected chi connectivity index (χ4v) is 1.50. The van der Waals surface area contributed by atoms with E-state index in [-0.39, 0.29) is 25.0 Å². The number of benzene rings is 1. The lowest BCUT2D eigenvalue weighted by molar-refractivity contribution is -0.121. The van der Waals surface area contributed by atoms with Crippen LogP contribution in [0.5, 0.6) is 5.75 Å². The molecule has 1 aromatic carbocycles. The molecule has 0 saturated heterocycles. The van der Waals surface area contributed by atoms with Gasteiger partial charge in [-0.25, -0.2) is 0 Å². The van der Waals surface area contributed by atoms with Gasteiger partial charge in [0.1, 0.15) is 5.75 Å². The maximum atomic E-state index is 11.9. The van der Waals surface area contributed by atoms with Crippen molar-refractivity contribution in [2.24, 2.45) is 5.73 Å². The lowest BCUT2D eigenvalue weighted by Gasteiger charge is -2.10. The summed E-state index contributed by atoms with van der Waals surface area (Å²) in [7, 11) is 1.56. The number of carbonyl (C=O) groups excluding carboxylic acids is 1. The number of ether oxygens (including phenoxy) is 1. The number of nitrogens with two attached hydrogens (primary N) is 1. The summed E-state index contributed by atoms with van der Waals surface area (Å²) in [5, 5.41) is 2.51. The predicted octanol–water partition coefficient (Wildman–Crippen LogP) is 1.46. The van der Waals surface area contributed by atoms with Crippen LogP contribution in [0.1, 0.15) is 12.0 Å². The monoisotopic (exact) mass is 290 g/mol. The lowest BCUT2D eigenvalue weighted by Crippen LogP contribution is -2.40. The Hall–Kier alpha value is -1.33. The van der Waals surface area contributed by atoms with Crippen molar-refractivity contribution >= 4 is 18.3 Å². The van der Waals surface area contributed by atoms with Gasteiger partial charge in [-0.05, 0) is 24.1 Å². The van der Waals surface area contributed by atoms with Gasteiger partial charge in [0.05, 0.1) is 19.3 Å². The molecule has 0 radical (unpaired) electrons. The number of halogens is 2. The molecular weight excluding hydrogens is 271 g/mol. The van der Waals surface area contributed by atoms with Crippen molar-refractivity contribution < 1.29 is 13.9 Å². The Bertz CT molecular complexity index is 373. The standard InChI is InChI=1S/C13H19FN2O2.ClH/c1-16-13(17)12(15)9-10-3-5-11(6-4-10)18-8-2-7-14;/h3-6,12H,2,7-9,15H2,1H3,(H,16,17);1H/t12-;/m0./s1. The summed E-state index contributed by atoms with van der Waals surface area (Å²) in [6, 6.07) is 6.75. The minimum atomic E-state index is -0.548. The number of hydrogen-bond donors (Lipinski definition) is 2. The maximum Gasteiger partial charge on any atom is 0.237 e. The van der Waals surface area contributed by atoms with Crippen molar-refractivity contribution in [3.8, 4) is 5.75 Å². The zero-order valence-corrected chi connectivity index (χ0v) is 11.7.